The summed E-state index contributed by atoms with van der Waals surface area (Å²) in [5.74, 6) is 0.260. The summed E-state index contributed by atoms with van der Waals surface area (Å²) in [4.78, 5) is 19.5. The lowest BCUT2D eigenvalue weighted by molar-refractivity contribution is 0.102. The Labute approximate surface area is 191 Å². The molecule has 5 rings (SSSR count). The second-order valence-corrected chi connectivity index (χ2v) is 9.64. The summed E-state index contributed by atoms with van der Waals surface area (Å²) < 4.78 is 29.3. The van der Waals surface area contributed by atoms with Crippen molar-refractivity contribution in [2.45, 2.75) is 17.7 Å². The zero-order valence-electron chi connectivity index (χ0n) is 18.0. The number of aromatic nitrogens is 1. The summed E-state index contributed by atoms with van der Waals surface area (Å²) in [6.45, 7) is 0.803. The third-order valence-corrected chi connectivity index (χ3v) is 7.15. The van der Waals surface area contributed by atoms with Crippen molar-refractivity contribution in [3.8, 4) is 0 Å². The van der Waals surface area contributed by atoms with Gasteiger partial charge in [-0.05, 0) is 53.6 Å². The molecule has 33 heavy (non-hydrogen) atoms. The molecule has 4 aromatic rings. The van der Waals surface area contributed by atoms with Crippen molar-refractivity contribution in [2.24, 2.45) is 4.40 Å². The van der Waals surface area contributed by atoms with E-state index in [-0.39, 0.29) is 10.8 Å². The van der Waals surface area contributed by atoms with Gasteiger partial charge in [-0.15, -0.1) is 4.40 Å². The van der Waals surface area contributed by atoms with Crippen molar-refractivity contribution in [1.29, 1.82) is 0 Å². The Morgan fingerprint density at radius 1 is 1.03 bits per heavy atom. The molecule has 1 aliphatic rings. The van der Waals surface area contributed by atoms with Crippen molar-refractivity contribution in [2.75, 3.05) is 18.9 Å². The standard InChI is InChI=1S/C25H22N4O3S/c1-29-15-5-9-23(29)28-33(31,32)19-12-10-18(11-13-19)27-25(30)22-16-17-6-2-3-7-20(17)21-8-4-14-26-24(21)22/h2-4,6-8,10-14,16H,5,9,15H2,1H3,(H,27,30). The quantitative estimate of drug-likeness (QED) is 0.456. The number of benzene rings is 3. The van der Waals surface area contributed by atoms with Crippen molar-refractivity contribution >= 4 is 49.1 Å². The minimum atomic E-state index is -3.80. The number of hydrogen-bond donors (Lipinski definition) is 1. The minimum Gasteiger partial charge on any atom is -0.362 e. The fourth-order valence-corrected chi connectivity index (χ4v) is 5.21. The first kappa shape index (κ1) is 21.1. The van der Waals surface area contributed by atoms with Crippen LogP contribution in [0, 0.1) is 0 Å². The van der Waals surface area contributed by atoms with Gasteiger partial charge < -0.3 is 10.2 Å². The van der Waals surface area contributed by atoms with E-state index in [0.29, 0.717) is 29.0 Å². The number of carbonyl (C=O) groups is 1. The van der Waals surface area contributed by atoms with Crippen molar-refractivity contribution in [1.82, 2.24) is 9.88 Å². The van der Waals surface area contributed by atoms with Gasteiger partial charge in [0.25, 0.3) is 15.9 Å². The summed E-state index contributed by atoms with van der Waals surface area (Å²) in [6, 6.07) is 19.5. The molecule has 0 unspecified atom stereocenters. The number of sulfonamides is 1. The van der Waals surface area contributed by atoms with Gasteiger partial charge in [-0.3, -0.25) is 9.78 Å². The van der Waals surface area contributed by atoms with Gasteiger partial charge >= 0.3 is 0 Å². The van der Waals surface area contributed by atoms with E-state index in [1.54, 1.807) is 18.3 Å². The fourth-order valence-electron chi connectivity index (χ4n) is 4.11. The van der Waals surface area contributed by atoms with Gasteiger partial charge in [-0.2, -0.15) is 8.42 Å². The molecule has 1 aliphatic heterocycles. The topological polar surface area (TPSA) is 91.7 Å². The molecule has 1 N–H and O–H groups in total. The lowest BCUT2D eigenvalue weighted by atomic mass is 10.0. The van der Waals surface area contributed by atoms with Crippen LogP contribution in [0.2, 0.25) is 0 Å². The molecular formula is C25H22N4O3S. The molecule has 2 heterocycles. The molecule has 0 saturated carbocycles. The highest BCUT2D eigenvalue weighted by Crippen LogP contribution is 2.28. The number of nitrogens with one attached hydrogen (secondary N) is 1. The van der Waals surface area contributed by atoms with Gasteiger partial charge in [0.1, 0.15) is 5.84 Å². The fraction of sp³-hybridized carbons (Fsp3) is 0.160. The molecular weight excluding hydrogens is 436 g/mol. The number of rotatable bonds is 4. The van der Waals surface area contributed by atoms with Crippen LogP contribution in [0.15, 0.2) is 82.2 Å². The number of amides is 1. The van der Waals surface area contributed by atoms with Gasteiger partial charge in [0.15, 0.2) is 0 Å². The molecule has 3 aromatic carbocycles. The highest BCUT2D eigenvalue weighted by molar-refractivity contribution is 7.90. The van der Waals surface area contributed by atoms with Gasteiger partial charge in [0.05, 0.1) is 16.0 Å². The monoisotopic (exact) mass is 458 g/mol. The van der Waals surface area contributed by atoms with Crippen LogP contribution in [-0.4, -0.2) is 43.6 Å². The third kappa shape index (κ3) is 4.05. The third-order valence-electron chi connectivity index (χ3n) is 5.83. The predicted octanol–water partition coefficient (Wildman–Crippen LogP) is 4.45. The molecule has 0 aliphatic carbocycles. The van der Waals surface area contributed by atoms with Crippen LogP contribution in [0.25, 0.3) is 21.7 Å². The average molecular weight is 459 g/mol. The normalized spacial score (nSPS) is 15.4. The van der Waals surface area contributed by atoms with Crippen LogP contribution in [0.4, 0.5) is 5.69 Å². The summed E-state index contributed by atoms with van der Waals surface area (Å²) in [6.07, 6.45) is 3.21. The predicted molar refractivity (Wildman–Crippen MR) is 130 cm³/mol. The Hall–Kier alpha value is -3.78. The molecule has 8 heteroatoms. The summed E-state index contributed by atoms with van der Waals surface area (Å²) in [7, 11) is -1.96. The molecule has 1 saturated heterocycles. The van der Waals surface area contributed by atoms with E-state index in [9.17, 15) is 13.2 Å². The number of pyridine rings is 1. The summed E-state index contributed by atoms with van der Waals surface area (Å²) in [5.41, 5.74) is 1.56. The molecule has 7 nitrogen and oxygen atoms in total. The lowest BCUT2D eigenvalue weighted by Gasteiger charge is -2.12. The Kier molecular flexibility index (Phi) is 5.30. The van der Waals surface area contributed by atoms with Gasteiger partial charge in [-0.1, -0.05) is 30.3 Å². The van der Waals surface area contributed by atoms with E-state index in [4.69, 9.17) is 0 Å². The molecule has 0 radical (unpaired) electrons. The Balaban J connectivity index is 1.43. The number of anilines is 1. The van der Waals surface area contributed by atoms with Crippen LogP contribution >= 0.6 is 0 Å². The van der Waals surface area contributed by atoms with Crippen LogP contribution in [-0.2, 0) is 10.0 Å². The first-order valence-electron chi connectivity index (χ1n) is 10.7. The SMILES string of the molecule is CN1CCCC1=NS(=O)(=O)c1ccc(NC(=O)c2cc3ccccc3c3cccnc23)cc1. The maximum absolute atomic E-state index is 13.1. The Morgan fingerprint density at radius 3 is 2.55 bits per heavy atom. The van der Waals surface area contributed by atoms with Gasteiger partial charge in [-0.25, -0.2) is 0 Å². The Bertz CT molecular complexity index is 1510. The number of carbonyl (C=O) groups excluding carboxylic acids is 1. The molecule has 0 spiro atoms. The number of amidine groups is 1. The van der Waals surface area contributed by atoms with Gasteiger partial charge in [0, 0.05) is 37.3 Å². The van der Waals surface area contributed by atoms with E-state index in [1.807, 2.05) is 54.4 Å². The highest BCUT2D eigenvalue weighted by Gasteiger charge is 2.20. The van der Waals surface area contributed by atoms with Crippen LogP contribution in [0.1, 0.15) is 23.2 Å². The second kappa shape index (κ2) is 8.29. The number of hydrogen-bond acceptors (Lipinski definition) is 4. The van der Waals surface area contributed by atoms with E-state index < -0.39 is 10.0 Å². The summed E-state index contributed by atoms with van der Waals surface area (Å²) in [5, 5.41) is 5.73. The first-order chi connectivity index (χ1) is 15.9. The minimum absolute atomic E-state index is 0.0890. The maximum Gasteiger partial charge on any atom is 0.283 e. The lowest BCUT2D eigenvalue weighted by Crippen LogP contribution is -2.20. The smallest absolute Gasteiger partial charge is 0.283 e. The molecule has 1 amide bonds. The summed E-state index contributed by atoms with van der Waals surface area (Å²) >= 11 is 0. The van der Waals surface area contributed by atoms with Crippen LogP contribution in [0.5, 0.6) is 0 Å². The van der Waals surface area contributed by atoms with E-state index in [0.717, 1.165) is 29.1 Å². The molecule has 0 atom stereocenters. The number of nitrogens with zero attached hydrogens (tertiary/aromatic N) is 3. The maximum atomic E-state index is 13.1. The average Bonchev–Trinajstić information content (AvgIpc) is 3.22. The van der Waals surface area contributed by atoms with Crippen molar-refractivity contribution in [3.63, 3.8) is 0 Å². The number of likely N-dealkylation sites (tertiary alicyclic amines) is 1. The first-order valence-corrected chi connectivity index (χ1v) is 12.1. The number of fused-ring (bicyclic) bond motifs is 3. The second-order valence-electron chi connectivity index (χ2n) is 8.03. The van der Waals surface area contributed by atoms with Crippen molar-refractivity contribution in [3.05, 3.63) is 78.5 Å². The van der Waals surface area contributed by atoms with E-state index in [1.165, 1.54) is 12.1 Å². The Morgan fingerprint density at radius 2 is 1.79 bits per heavy atom. The van der Waals surface area contributed by atoms with E-state index in [2.05, 4.69) is 14.7 Å². The largest absolute Gasteiger partial charge is 0.362 e. The highest BCUT2D eigenvalue weighted by atomic mass is 32.2. The molecule has 1 aromatic heterocycles. The van der Waals surface area contributed by atoms with E-state index >= 15 is 0 Å². The molecule has 0 bridgehead atoms. The van der Waals surface area contributed by atoms with Gasteiger partial charge in [0.2, 0.25) is 0 Å². The molecule has 166 valence electrons. The van der Waals surface area contributed by atoms with Crippen LogP contribution < -0.4 is 5.32 Å². The zero-order valence-corrected chi connectivity index (χ0v) is 18.8. The van der Waals surface area contributed by atoms with Crippen molar-refractivity contribution < 1.29 is 13.2 Å². The van der Waals surface area contributed by atoms with Crippen LogP contribution in [0.3, 0.4) is 0 Å². The molecule has 1 fully saturated rings. The zero-order chi connectivity index (χ0) is 23.0.